The van der Waals surface area contributed by atoms with Crippen molar-refractivity contribution in [2.75, 3.05) is 5.32 Å². The van der Waals surface area contributed by atoms with Crippen molar-refractivity contribution in [2.24, 2.45) is 5.92 Å². The number of rotatable bonds is 4. The number of hydrogen-bond donors (Lipinski definition) is 3. The van der Waals surface area contributed by atoms with Crippen LogP contribution >= 0.6 is 11.6 Å². The van der Waals surface area contributed by atoms with Crippen LogP contribution in [0.3, 0.4) is 0 Å². The second kappa shape index (κ2) is 6.38. The van der Waals surface area contributed by atoms with E-state index in [-0.39, 0.29) is 10.7 Å². The van der Waals surface area contributed by atoms with Gasteiger partial charge < -0.3 is 15.7 Å². The fourth-order valence-corrected chi connectivity index (χ4v) is 1.51. The predicted molar refractivity (Wildman–Crippen MR) is 69.8 cm³/mol. The molecule has 19 heavy (non-hydrogen) atoms. The average molecular weight is 289 g/mol. The van der Waals surface area contributed by atoms with Crippen molar-refractivity contribution in [1.82, 2.24) is 5.32 Å². The van der Waals surface area contributed by atoms with Crippen LogP contribution in [0.4, 0.5) is 14.9 Å². The Bertz CT molecular complexity index is 496. The van der Waals surface area contributed by atoms with E-state index < -0.39 is 29.8 Å². The number of carbonyl (C=O) groups is 2. The molecule has 1 rings (SSSR count). The van der Waals surface area contributed by atoms with Gasteiger partial charge in [-0.05, 0) is 32.0 Å². The Morgan fingerprint density at radius 3 is 2.53 bits per heavy atom. The lowest BCUT2D eigenvalue weighted by molar-refractivity contribution is -0.141. The van der Waals surface area contributed by atoms with E-state index in [1.807, 2.05) is 0 Å². The number of carboxylic acid groups (broad SMARTS) is 1. The molecule has 2 atom stereocenters. The van der Waals surface area contributed by atoms with Gasteiger partial charge in [0, 0.05) is 6.04 Å². The number of benzene rings is 1. The van der Waals surface area contributed by atoms with Gasteiger partial charge in [-0.1, -0.05) is 11.6 Å². The number of amides is 2. The third kappa shape index (κ3) is 4.40. The molecular formula is C12H14ClFN2O3. The van der Waals surface area contributed by atoms with E-state index in [0.29, 0.717) is 0 Å². The molecule has 2 unspecified atom stereocenters. The van der Waals surface area contributed by atoms with Gasteiger partial charge in [0.15, 0.2) is 0 Å². The standard InChI is InChI=1S/C12H14ClFN2O3/c1-6(11(17)18)7(2)15-12(19)16-10-4-3-8(14)5-9(10)13/h3-7H,1-2H3,(H,17,18)(H2,15,16,19). The molecule has 0 aromatic heterocycles. The van der Waals surface area contributed by atoms with Crippen LogP contribution in [0.2, 0.25) is 5.02 Å². The molecule has 0 saturated carbocycles. The molecule has 0 fully saturated rings. The summed E-state index contributed by atoms with van der Waals surface area (Å²) in [5.41, 5.74) is 0.246. The molecule has 0 spiro atoms. The van der Waals surface area contributed by atoms with Gasteiger partial charge in [0.25, 0.3) is 0 Å². The average Bonchev–Trinajstić information content (AvgIpc) is 2.31. The maximum Gasteiger partial charge on any atom is 0.319 e. The van der Waals surface area contributed by atoms with Crippen molar-refractivity contribution in [3.63, 3.8) is 0 Å². The summed E-state index contributed by atoms with van der Waals surface area (Å²) < 4.78 is 12.8. The highest BCUT2D eigenvalue weighted by Gasteiger charge is 2.21. The fourth-order valence-electron chi connectivity index (χ4n) is 1.29. The highest BCUT2D eigenvalue weighted by atomic mass is 35.5. The molecule has 1 aromatic rings. The van der Waals surface area contributed by atoms with Crippen LogP contribution in [-0.2, 0) is 4.79 Å². The summed E-state index contributed by atoms with van der Waals surface area (Å²) in [6, 6.07) is 2.39. The van der Waals surface area contributed by atoms with Crippen LogP contribution < -0.4 is 10.6 Å². The molecule has 0 saturated heterocycles. The normalized spacial score (nSPS) is 13.5. The second-order valence-electron chi connectivity index (χ2n) is 4.14. The minimum absolute atomic E-state index is 0.0640. The van der Waals surface area contributed by atoms with Crippen molar-refractivity contribution in [2.45, 2.75) is 19.9 Å². The topological polar surface area (TPSA) is 78.4 Å². The van der Waals surface area contributed by atoms with Crippen LogP contribution in [0.15, 0.2) is 18.2 Å². The first-order valence-corrected chi connectivity index (χ1v) is 5.94. The van der Waals surface area contributed by atoms with Crippen LogP contribution in [0.5, 0.6) is 0 Å². The van der Waals surface area contributed by atoms with E-state index in [2.05, 4.69) is 10.6 Å². The van der Waals surface area contributed by atoms with Crippen LogP contribution in [-0.4, -0.2) is 23.1 Å². The fraction of sp³-hybridized carbons (Fsp3) is 0.333. The molecule has 104 valence electrons. The van der Waals surface area contributed by atoms with E-state index in [4.69, 9.17) is 16.7 Å². The van der Waals surface area contributed by atoms with Gasteiger partial charge in [-0.3, -0.25) is 4.79 Å². The minimum atomic E-state index is -1.01. The van der Waals surface area contributed by atoms with Gasteiger partial charge in [0.05, 0.1) is 16.6 Å². The first-order chi connectivity index (χ1) is 8.81. The lowest BCUT2D eigenvalue weighted by Crippen LogP contribution is -2.42. The Hall–Kier alpha value is -1.82. The number of carbonyl (C=O) groups excluding carboxylic acids is 1. The number of anilines is 1. The molecule has 0 bridgehead atoms. The molecular weight excluding hydrogens is 275 g/mol. The highest BCUT2D eigenvalue weighted by Crippen LogP contribution is 2.22. The molecule has 7 heteroatoms. The maximum atomic E-state index is 12.8. The Kier molecular flexibility index (Phi) is 5.11. The second-order valence-corrected chi connectivity index (χ2v) is 4.55. The zero-order valence-corrected chi connectivity index (χ0v) is 11.2. The molecule has 0 aliphatic heterocycles. The summed E-state index contributed by atoms with van der Waals surface area (Å²) in [7, 11) is 0. The number of aliphatic carboxylic acids is 1. The third-order valence-electron chi connectivity index (χ3n) is 2.68. The molecule has 3 N–H and O–H groups in total. The Labute approximate surface area is 114 Å². The van der Waals surface area contributed by atoms with Crippen molar-refractivity contribution in [3.8, 4) is 0 Å². The van der Waals surface area contributed by atoms with Gasteiger partial charge in [0.2, 0.25) is 0 Å². The highest BCUT2D eigenvalue weighted by molar-refractivity contribution is 6.33. The van der Waals surface area contributed by atoms with E-state index in [9.17, 15) is 14.0 Å². The Morgan fingerprint density at radius 1 is 1.37 bits per heavy atom. The monoisotopic (exact) mass is 288 g/mol. The number of carboxylic acids is 1. The number of urea groups is 1. The number of halogens is 2. The van der Waals surface area contributed by atoms with Crippen LogP contribution in [0.25, 0.3) is 0 Å². The largest absolute Gasteiger partial charge is 0.481 e. The number of hydrogen-bond acceptors (Lipinski definition) is 2. The van der Waals surface area contributed by atoms with Gasteiger partial charge in [-0.2, -0.15) is 0 Å². The third-order valence-corrected chi connectivity index (χ3v) is 2.99. The molecule has 0 heterocycles. The van der Waals surface area contributed by atoms with Gasteiger partial charge in [0.1, 0.15) is 5.82 Å². The summed E-state index contributed by atoms with van der Waals surface area (Å²) in [4.78, 5) is 22.4. The lowest BCUT2D eigenvalue weighted by atomic mass is 10.0. The smallest absolute Gasteiger partial charge is 0.319 e. The van der Waals surface area contributed by atoms with Crippen LogP contribution in [0, 0.1) is 11.7 Å². The Morgan fingerprint density at radius 2 is 2.00 bits per heavy atom. The summed E-state index contributed by atoms with van der Waals surface area (Å²) in [5, 5.41) is 13.7. The molecule has 0 aliphatic rings. The Balaban J connectivity index is 2.63. The van der Waals surface area contributed by atoms with Gasteiger partial charge in [-0.25, -0.2) is 9.18 Å². The minimum Gasteiger partial charge on any atom is -0.481 e. The SMILES string of the molecule is CC(NC(=O)Nc1ccc(F)cc1Cl)C(C)C(=O)O. The predicted octanol–water partition coefficient (Wildman–Crippen LogP) is 2.71. The molecule has 0 aliphatic carbocycles. The van der Waals surface area contributed by atoms with Gasteiger partial charge in [-0.15, -0.1) is 0 Å². The molecule has 0 radical (unpaired) electrons. The van der Waals surface area contributed by atoms with Crippen LogP contribution in [0.1, 0.15) is 13.8 Å². The zero-order valence-electron chi connectivity index (χ0n) is 10.4. The summed E-state index contributed by atoms with van der Waals surface area (Å²) in [6.45, 7) is 3.06. The van der Waals surface area contributed by atoms with Crippen molar-refractivity contribution >= 4 is 29.3 Å². The van der Waals surface area contributed by atoms with E-state index in [1.54, 1.807) is 6.92 Å². The first-order valence-electron chi connectivity index (χ1n) is 5.56. The lowest BCUT2D eigenvalue weighted by Gasteiger charge is -2.18. The molecule has 2 amide bonds. The summed E-state index contributed by atoms with van der Waals surface area (Å²) in [5.74, 6) is -2.24. The van der Waals surface area contributed by atoms with Crippen molar-refractivity contribution in [3.05, 3.63) is 29.0 Å². The van der Waals surface area contributed by atoms with E-state index in [0.717, 1.165) is 12.1 Å². The van der Waals surface area contributed by atoms with E-state index in [1.165, 1.54) is 13.0 Å². The molecule has 5 nitrogen and oxygen atoms in total. The first kappa shape index (κ1) is 15.2. The van der Waals surface area contributed by atoms with Crippen molar-refractivity contribution in [1.29, 1.82) is 0 Å². The van der Waals surface area contributed by atoms with E-state index >= 15 is 0 Å². The maximum absolute atomic E-state index is 12.8. The van der Waals surface area contributed by atoms with Gasteiger partial charge >= 0.3 is 12.0 Å². The number of nitrogens with one attached hydrogen (secondary N) is 2. The summed E-state index contributed by atoms with van der Waals surface area (Å²) >= 11 is 5.75. The molecule has 1 aromatic carbocycles. The summed E-state index contributed by atoms with van der Waals surface area (Å²) in [6.07, 6.45) is 0. The zero-order chi connectivity index (χ0) is 14.6. The van der Waals surface area contributed by atoms with Crippen molar-refractivity contribution < 1.29 is 19.1 Å². The quantitative estimate of drug-likeness (QED) is 0.797.